The molecule has 0 radical (unpaired) electrons. The molecule has 0 spiro atoms. The normalized spacial score (nSPS) is 19.9. The van der Waals surface area contributed by atoms with Gasteiger partial charge in [-0.25, -0.2) is 4.98 Å². The van der Waals surface area contributed by atoms with Gasteiger partial charge in [0.2, 0.25) is 0 Å². The van der Waals surface area contributed by atoms with Crippen molar-refractivity contribution in [2.45, 2.75) is 40.0 Å². The van der Waals surface area contributed by atoms with Gasteiger partial charge in [-0.1, -0.05) is 37.3 Å². The van der Waals surface area contributed by atoms with Crippen molar-refractivity contribution in [2.24, 2.45) is 5.41 Å². The average molecular weight is 378 g/mol. The van der Waals surface area contributed by atoms with E-state index < -0.39 is 11.4 Å². The number of aryl methyl sites for hydroxylation is 1. The molecule has 1 aliphatic heterocycles. The van der Waals surface area contributed by atoms with Crippen LogP contribution in [-0.4, -0.2) is 38.8 Å². The zero-order chi connectivity index (χ0) is 19.9. The number of carboxylic acids is 1. The van der Waals surface area contributed by atoms with Crippen molar-refractivity contribution in [3.05, 3.63) is 47.7 Å². The van der Waals surface area contributed by atoms with E-state index in [4.69, 9.17) is 10.1 Å². The van der Waals surface area contributed by atoms with E-state index in [0.29, 0.717) is 13.0 Å². The third-order valence-corrected chi connectivity index (χ3v) is 5.82. The van der Waals surface area contributed by atoms with Gasteiger partial charge >= 0.3 is 5.97 Å². The van der Waals surface area contributed by atoms with E-state index >= 15 is 0 Å². The summed E-state index contributed by atoms with van der Waals surface area (Å²) >= 11 is 0. The number of hydrogen-bond donors (Lipinski definition) is 1. The number of anilines is 1. The van der Waals surface area contributed by atoms with Crippen molar-refractivity contribution >= 4 is 17.4 Å². The number of carboxylic acid groups (broad SMARTS) is 1. The number of fused-ring (bicyclic) bond motifs is 1. The van der Waals surface area contributed by atoms with Crippen LogP contribution in [0.25, 0.3) is 16.9 Å². The summed E-state index contributed by atoms with van der Waals surface area (Å²) in [4.78, 5) is 18.8. The first-order valence-electron chi connectivity index (χ1n) is 9.86. The zero-order valence-electron chi connectivity index (χ0n) is 16.6. The van der Waals surface area contributed by atoms with Gasteiger partial charge in [0.25, 0.3) is 0 Å². The maximum Gasteiger partial charge on any atom is 0.311 e. The van der Waals surface area contributed by atoms with Crippen LogP contribution in [0, 0.1) is 12.3 Å². The van der Waals surface area contributed by atoms with Gasteiger partial charge in [0.1, 0.15) is 5.82 Å². The summed E-state index contributed by atoms with van der Waals surface area (Å²) in [5, 5.41) is 14.6. The smallest absolute Gasteiger partial charge is 0.311 e. The van der Waals surface area contributed by atoms with Crippen LogP contribution in [0.15, 0.2) is 36.4 Å². The van der Waals surface area contributed by atoms with Crippen molar-refractivity contribution in [3.8, 4) is 11.3 Å². The number of aliphatic carboxylic acids is 1. The number of carbonyl (C=O) groups is 1. The quantitative estimate of drug-likeness (QED) is 0.744. The Labute approximate surface area is 164 Å². The van der Waals surface area contributed by atoms with E-state index in [1.807, 2.05) is 54.8 Å². The number of rotatable bonds is 4. The number of nitrogens with zero attached hydrogens (tertiary/aromatic N) is 4. The predicted octanol–water partition coefficient (Wildman–Crippen LogP) is 3.96. The van der Waals surface area contributed by atoms with Crippen molar-refractivity contribution in [3.63, 3.8) is 0 Å². The van der Waals surface area contributed by atoms with E-state index in [0.717, 1.165) is 53.4 Å². The SMILES string of the molecule is CCc1c(C)nc2cc(-c3ccccc3)nn2c1N1CCCC(C)(C(=O)O)C1. The summed E-state index contributed by atoms with van der Waals surface area (Å²) in [6, 6.07) is 12.1. The molecule has 6 heteroatoms. The minimum atomic E-state index is -0.748. The maximum atomic E-state index is 11.9. The summed E-state index contributed by atoms with van der Waals surface area (Å²) in [5.74, 6) is 0.252. The molecule has 3 aromatic rings. The van der Waals surface area contributed by atoms with E-state index in [1.54, 1.807) is 0 Å². The van der Waals surface area contributed by atoms with Gasteiger partial charge < -0.3 is 10.0 Å². The lowest BCUT2D eigenvalue weighted by Crippen LogP contribution is -2.47. The topological polar surface area (TPSA) is 70.7 Å². The molecule has 2 aromatic heterocycles. The molecule has 0 saturated carbocycles. The first-order valence-corrected chi connectivity index (χ1v) is 9.86. The van der Waals surface area contributed by atoms with Gasteiger partial charge in [-0.3, -0.25) is 4.79 Å². The van der Waals surface area contributed by atoms with Crippen LogP contribution in [0.2, 0.25) is 0 Å². The Morgan fingerprint density at radius 2 is 2.04 bits per heavy atom. The van der Waals surface area contributed by atoms with Crippen LogP contribution in [0.1, 0.15) is 37.9 Å². The summed E-state index contributed by atoms with van der Waals surface area (Å²) in [6.07, 6.45) is 2.37. The van der Waals surface area contributed by atoms with Gasteiger partial charge in [-0.15, -0.1) is 0 Å². The highest BCUT2D eigenvalue weighted by molar-refractivity contribution is 5.76. The lowest BCUT2D eigenvalue weighted by molar-refractivity contribution is -0.148. The summed E-state index contributed by atoms with van der Waals surface area (Å²) in [5.41, 5.74) is 4.08. The molecule has 146 valence electrons. The fraction of sp³-hybridized carbons (Fsp3) is 0.409. The molecule has 1 aliphatic rings. The molecule has 0 bridgehead atoms. The van der Waals surface area contributed by atoms with E-state index in [-0.39, 0.29) is 0 Å². The van der Waals surface area contributed by atoms with Crippen molar-refractivity contribution in [1.29, 1.82) is 0 Å². The van der Waals surface area contributed by atoms with Gasteiger partial charge in [0.15, 0.2) is 5.65 Å². The second kappa shape index (κ2) is 6.93. The molecule has 3 heterocycles. The van der Waals surface area contributed by atoms with Crippen LogP contribution in [0.3, 0.4) is 0 Å². The van der Waals surface area contributed by atoms with Crippen LogP contribution in [0.4, 0.5) is 5.82 Å². The van der Waals surface area contributed by atoms with Crippen molar-refractivity contribution in [2.75, 3.05) is 18.0 Å². The van der Waals surface area contributed by atoms with Crippen LogP contribution >= 0.6 is 0 Å². The first kappa shape index (κ1) is 18.5. The third-order valence-electron chi connectivity index (χ3n) is 5.82. The van der Waals surface area contributed by atoms with E-state index in [2.05, 4.69) is 11.8 Å². The highest BCUT2D eigenvalue weighted by atomic mass is 16.4. The fourth-order valence-electron chi connectivity index (χ4n) is 4.22. The molecule has 28 heavy (non-hydrogen) atoms. The van der Waals surface area contributed by atoms with Gasteiger partial charge in [0, 0.05) is 36.0 Å². The zero-order valence-corrected chi connectivity index (χ0v) is 16.6. The first-order chi connectivity index (χ1) is 13.4. The highest BCUT2D eigenvalue weighted by Crippen LogP contribution is 2.35. The molecule has 6 nitrogen and oxygen atoms in total. The van der Waals surface area contributed by atoms with Crippen molar-refractivity contribution < 1.29 is 9.90 Å². The highest BCUT2D eigenvalue weighted by Gasteiger charge is 2.39. The summed E-state index contributed by atoms with van der Waals surface area (Å²) < 4.78 is 1.90. The minimum absolute atomic E-state index is 0.481. The van der Waals surface area contributed by atoms with Gasteiger partial charge in [-0.2, -0.15) is 9.61 Å². The molecule has 1 aromatic carbocycles. The Balaban J connectivity index is 1.88. The molecule has 0 aliphatic carbocycles. The summed E-state index contributed by atoms with van der Waals surface area (Å²) in [7, 11) is 0. The van der Waals surface area contributed by atoms with Crippen LogP contribution in [0.5, 0.6) is 0 Å². The van der Waals surface area contributed by atoms with Crippen LogP contribution in [-0.2, 0) is 11.2 Å². The standard InChI is InChI=1S/C22H26N4O2/c1-4-17-15(2)23-19-13-18(16-9-6-5-7-10-16)24-26(19)20(17)25-12-8-11-22(3,14-25)21(27)28/h5-7,9-10,13H,4,8,11-12,14H2,1-3H3,(H,27,28). The molecule has 1 fully saturated rings. The Kier molecular flexibility index (Phi) is 4.57. The van der Waals surface area contributed by atoms with E-state index in [1.165, 1.54) is 0 Å². The average Bonchev–Trinajstić information content (AvgIpc) is 3.11. The Morgan fingerprint density at radius 1 is 1.29 bits per heavy atom. The predicted molar refractivity (Wildman–Crippen MR) is 110 cm³/mol. The molecule has 4 rings (SSSR count). The molecular formula is C22H26N4O2. The number of aromatic nitrogens is 3. The van der Waals surface area contributed by atoms with Crippen LogP contribution < -0.4 is 4.90 Å². The lowest BCUT2D eigenvalue weighted by Gasteiger charge is -2.39. The molecule has 1 atom stereocenters. The van der Waals surface area contributed by atoms with Gasteiger partial charge in [0.05, 0.1) is 11.1 Å². The lowest BCUT2D eigenvalue weighted by atomic mass is 9.82. The molecular weight excluding hydrogens is 352 g/mol. The molecule has 0 amide bonds. The van der Waals surface area contributed by atoms with Gasteiger partial charge in [-0.05, 0) is 33.1 Å². The second-order valence-electron chi connectivity index (χ2n) is 7.91. The number of piperidine rings is 1. The second-order valence-corrected chi connectivity index (χ2v) is 7.91. The maximum absolute atomic E-state index is 11.9. The summed E-state index contributed by atoms with van der Waals surface area (Å²) in [6.45, 7) is 7.29. The molecule has 1 unspecified atom stereocenters. The van der Waals surface area contributed by atoms with E-state index in [9.17, 15) is 9.90 Å². The minimum Gasteiger partial charge on any atom is -0.481 e. The fourth-order valence-corrected chi connectivity index (χ4v) is 4.22. The largest absolute Gasteiger partial charge is 0.481 e. The number of hydrogen-bond acceptors (Lipinski definition) is 4. The Morgan fingerprint density at radius 3 is 2.71 bits per heavy atom. The Bertz CT molecular complexity index is 1030. The van der Waals surface area contributed by atoms with Crippen molar-refractivity contribution in [1.82, 2.24) is 14.6 Å². The molecule has 1 saturated heterocycles. The molecule has 1 N–H and O–H groups in total. The third kappa shape index (κ3) is 3.03. The number of benzene rings is 1. The Hall–Kier alpha value is -2.89. The monoisotopic (exact) mass is 378 g/mol.